The molecule has 0 nitrogen and oxygen atoms in total. The van der Waals surface area contributed by atoms with E-state index < -0.39 is 0 Å². The van der Waals surface area contributed by atoms with Crippen molar-refractivity contribution in [1.29, 1.82) is 0 Å². The van der Waals surface area contributed by atoms with Crippen LogP contribution in [0.2, 0.25) is 0 Å². The van der Waals surface area contributed by atoms with Gasteiger partial charge in [0.05, 0.1) is 0 Å². The van der Waals surface area contributed by atoms with Crippen LogP contribution in [0.4, 0.5) is 0 Å². The third-order valence-electron chi connectivity index (χ3n) is 3.22. The van der Waals surface area contributed by atoms with Crippen molar-refractivity contribution in [2.45, 2.75) is 53.4 Å². The van der Waals surface area contributed by atoms with E-state index in [9.17, 15) is 0 Å². The zero-order valence-electron chi connectivity index (χ0n) is 8.48. The molecule has 1 saturated carbocycles. The minimum Gasteiger partial charge on any atom is -0.0622 e. The summed E-state index contributed by atoms with van der Waals surface area (Å²) >= 11 is 0. The molecule has 0 aromatic carbocycles. The van der Waals surface area contributed by atoms with Crippen LogP contribution in [0.25, 0.3) is 0 Å². The molecule has 0 aromatic heterocycles. The second-order valence-electron chi connectivity index (χ2n) is 5.23. The van der Waals surface area contributed by atoms with Crippen LogP contribution in [0.3, 0.4) is 0 Å². The first kappa shape index (κ1) is 9.09. The summed E-state index contributed by atoms with van der Waals surface area (Å²) in [5.74, 6) is 1.93. The maximum atomic E-state index is 2.43. The smallest absolute Gasteiger partial charge is 0.0340 e. The monoisotopic (exact) mass is 154 g/mol. The molecule has 1 aliphatic rings. The van der Waals surface area contributed by atoms with Crippen LogP contribution in [-0.4, -0.2) is 0 Å². The van der Waals surface area contributed by atoms with E-state index in [0.717, 1.165) is 11.8 Å². The molecule has 0 radical (unpaired) electrons. The first-order valence-electron chi connectivity index (χ1n) is 5.02. The van der Waals surface area contributed by atoms with Crippen LogP contribution < -0.4 is 0 Å². The Hall–Kier alpha value is 0. The molecule has 1 rings (SSSR count). The average molecular weight is 154 g/mol. The van der Waals surface area contributed by atoms with Crippen LogP contribution in [-0.2, 0) is 0 Å². The highest BCUT2D eigenvalue weighted by Gasteiger charge is 2.30. The van der Waals surface area contributed by atoms with E-state index in [2.05, 4.69) is 27.7 Å². The zero-order valence-corrected chi connectivity index (χ0v) is 8.48. The molecular weight excluding hydrogens is 132 g/mol. The average Bonchev–Trinajstić information content (AvgIpc) is 1.86. The SMILES string of the molecule is C[C@H]1CCCC[C@@H]1C(C)(C)C. The number of hydrogen-bond acceptors (Lipinski definition) is 0. The fourth-order valence-electron chi connectivity index (χ4n) is 2.60. The lowest BCUT2D eigenvalue weighted by atomic mass is 9.67. The summed E-state index contributed by atoms with van der Waals surface area (Å²) in [5, 5.41) is 0. The maximum Gasteiger partial charge on any atom is -0.0340 e. The zero-order chi connectivity index (χ0) is 8.48. The van der Waals surface area contributed by atoms with Gasteiger partial charge in [0.25, 0.3) is 0 Å². The summed E-state index contributed by atoms with van der Waals surface area (Å²) in [6, 6.07) is 0. The highest BCUT2D eigenvalue weighted by atomic mass is 14.4. The van der Waals surface area contributed by atoms with Crippen molar-refractivity contribution >= 4 is 0 Å². The Morgan fingerprint density at radius 2 is 1.55 bits per heavy atom. The number of hydrogen-bond donors (Lipinski definition) is 0. The Bertz CT molecular complexity index is 118. The fraction of sp³-hybridized carbons (Fsp3) is 1.00. The van der Waals surface area contributed by atoms with Gasteiger partial charge < -0.3 is 0 Å². The van der Waals surface area contributed by atoms with Crippen LogP contribution in [0.5, 0.6) is 0 Å². The second-order valence-corrected chi connectivity index (χ2v) is 5.23. The lowest BCUT2D eigenvalue weighted by Gasteiger charge is -2.38. The van der Waals surface area contributed by atoms with Crippen molar-refractivity contribution in [2.24, 2.45) is 17.3 Å². The Kier molecular flexibility index (Phi) is 2.61. The van der Waals surface area contributed by atoms with E-state index in [0.29, 0.717) is 5.41 Å². The Morgan fingerprint density at radius 3 is 1.91 bits per heavy atom. The molecule has 0 aliphatic heterocycles. The van der Waals surface area contributed by atoms with Gasteiger partial charge in [-0.3, -0.25) is 0 Å². The Labute approximate surface area is 71.4 Å². The minimum atomic E-state index is 0.542. The molecule has 0 N–H and O–H groups in total. The highest BCUT2D eigenvalue weighted by Crippen LogP contribution is 2.41. The van der Waals surface area contributed by atoms with Crippen molar-refractivity contribution in [3.63, 3.8) is 0 Å². The summed E-state index contributed by atoms with van der Waals surface area (Å²) < 4.78 is 0. The van der Waals surface area contributed by atoms with Gasteiger partial charge in [0.15, 0.2) is 0 Å². The molecule has 2 atom stereocenters. The van der Waals surface area contributed by atoms with Gasteiger partial charge in [-0.05, 0) is 23.7 Å². The fourth-order valence-corrected chi connectivity index (χ4v) is 2.60. The molecule has 0 unspecified atom stereocenters. The maximum absolute atomic E-state index is 2.43. The molecule has 0 amide bonds. The van der Waals surface area contributed by atoms with Gasteiger partial charge in [-0.2, -0.15) is 0 Å². The van der Waals surface area contributed by atoms with Crippen molar-refractivity contribution in [1.82, 2.24) is 0 Å². The quantitative estimate of drug-likeness (QED) is 0.497. The van der Waals surface area contributed by atoms with Crippen molar-refractivity contribution < 1.29 is 0 Å². The molecule has 0 aromatic rings. The van der Waals surface area contributed by atoms with Crippen molar-refractivity contribution in [3.05, 3.63) is 0 Å². The molecule has 11 heavy (non-hydrogen) atoms. The third-order valence-corrected chi connectivity index (χ3v) is 3.22. The molecular formula is C11H22. The van der Waals surface area contributed by atoms with E-state index in [4.69, 9.17) is 0 Å². The molecule has 0 saturated heterocycles. The van der Waals surface area contributed by atoms with Crippen LogP contribution in [0.1, 0.15) is 53.4 Å². The Morgan fingerprint density at radius 1 is 1.00 bits per heavy atom. The molecule has 1 fully saturated rings. The number of rotatable bonds is 0. The molecule has 0 bridgehead atoms. The van der Waals surface area contributed by atoms with Crippen LogP contribution >= 0.6 is 0 Å². The molecule has 0 spiro atoms. The molecule has 0 heteroatoms. The van der Waals surface area contributed by atoms with Gasteiger partial charge >= 0.3 is 0 Å². The van der Waals surface area contributed by atoms with E-state index in [1.54, 1.807) is 0 Å². The third kappa shape index (κ3) is 2.21. The molecule has 1 aliphatic carbocycles. The normalized spacial score (nSPS) is 33.8. The van der Waals surface area contributed by atoms with Crippen molar-refractivity contribution in [3.8, 4) is 0 Å². The van der Waals surface area contributed by atoms with Gasteiger partial charge in [0, 0.05) is 0 Å². The predicted molar refractivity (Wildman–Crippen MR) is 50.6 cm³/mol. The van der Waals surface area contributed by atoms with E-state index in [1.165, 1.54) is 25.7 Å². The lowest BCUT2D eigenvalue weighted by Crippen LogP contribution is -2.29. The van der Waals surface area contributed by atoms with E-state index >= 15 is 0 Å². The first-order valence-corrected chi connectivity index (χ1v) is 5.02. The minimum absolute atomic E-state index is 0.542. The van der Waals surface area contributed by atoms with E-state index in [1.807, 2.05) is 0 Å². The van der Waals surface area contributed by atoms with Crippen LogP contribution in [0.15, 0.2) is 0 Å². The lowest BCUT2D eigenvalue weighted by molar-refractivity contribution is 0.119. The van der Waals surface area contributed by atoms with E-state index in [-0.39, 0.29) is 0 Å². The summed E-state index contributed by atoms with van der Waals surface area (Å²) in [6.07, 6.45) is 5.85. The van der Waals surface area contributed by atoms with Gasteiger partial charge in [0.1, 0.15) is 0 Å². The Balaban J connectivity index is 2.55. The van der Waals surface area contributed by atoms with Gasteiger partial charge in [-0.25, -0.2) is 0 Å². The second kappa shape index (κ2) is 3.16. The predicted octanol–water partition coefficient (Wildman–Crippen LogP) is 3.86. The molecule has 0 heterocycles. The van der Waals surface area contributed by atoms with Crippen LogP contribution in [0, 0.1) is 17.3 Å². The van der Waals surface area contributed by atoms with Gasteiger partial charge in [-0.1, -0.05) is 47.0 Å². The van der Waals surface area contributed by atoms with Gasteiger partial charge in [0.2, 0.25) is 0 Å². The topological polar surface area (TPSA) is 0 Å². The van der Waals surface area contributed by atoms with Gasteiger partial charge in [-0.15, -0.1) is 0 Å². The summed E-state index contributed by atoms with van der Waals surface area (Å²) in [4.78, 5) is 0. The largest absolute Gasteiger partial charge is 0.0622 e. The summed E-state index contributed by atoms with van der Waals surface area (Å²) in [6.45, 7) is 9.59. The summed E-state index contributed by atoms with van der Waals surface area (Å²) in [7, 11) is 0. The molecule has 66 valence electrons. The first-order chi connectivity index (χ1) is 5.02. The summed E-state index contributed by atoms with van der Waals surface area (Å²) in [5.41, 5.74) is 0.542. The standard InChI is InChI=1S/C11H22/c1-9-7-5-6-8-10(9)11(2,3)4/h9-10H,5-8H2,1-4H3/t9-,10-/m0/s1. The van der Waals surface area contributed by atoms with Crippen molar-refractivity contribution in [2.75, 3.05) is 0 Å². The highest BCUT2D eigenvalue weighted by molar-refractivity contribution is 4.81.